The molecule has 0 saturated carbocycles. The van der Waals surface area contributed by atoms with Crippen LogP contribution in [0.25, 0.3) is 0 Å². The lowest BCUT2D eigenvalue weighted by Crippen LogP contribution is -2.53. The molecule has 20 heavy (non-hydrogen) atoms. The number of carboxylic acids is 1. The average Bonchev–Trinajstić information content (AvgIpc) is 2.35. The van der Waals surface area contributed by atoms with Crippen molar-refractivity contribution in [1.29, 1.82) is 0 Å². The lowest BCUT2D eigenvalue weighted by molar-refractivity contribution is -0.150. The fourth-order valence-electron chi connectivity index (χ4n) is 1.97. The number of carboxylic acid groups (broad SMARTS) is 1. The normalized spacial score (nSPS) is 23.8. The Morgan fingerprint density at radius 2 is 2.05 bits per heavy atom. The van der Waals surface area contributed by atoms with Crippen LogP contribution >= 0.6 is 0 Å². The number of likely N-dealkylation sites (tertiary alicyclic amines) is 1. The number of halogens is 4. The summed E-state index contributed by atoms with van der Waals surface area (Å²) in [6.45, 7) is 0.0235. The number of nitrogens with zero attached hydrogens (tertiary/aromatic N) is 1. The average molecular weight is 300 g/mol. The molecule has 0 bridgehead atoms. The van der Waals surface area contributed by atoms with Gasteiger partial charge in [-0.2, -0.15) is 8.78 Å². The molecule has 1 aliphatic heterocycles. The van der Waals surface area contributed by atoms with Crippen molar-refractivity contribution in [3.8, 4) is 0 Å². The molecule has 2 N–H and O–H groups in total. The molecule has 0 aromatic carbocycles. The minimum Gasteiger partial charge on any atom is -0.481 e. The van der Waals surface area contributed by atoms with E-state index in [9.17, 15) is 27.2 Å². The molecular weight excluding hydrogens is 284 g/mol. The summed E-state index contributed by atoms with van der Waals surface area (Å²) in [4.78, 5) is 23.7. The van der Waals surface area contributed by atoms with Crippen LogP contribution < -0.4 is 5.32 Å². The smallest absolute Gasteiger partial charge is 0.324 e. The van der Waals surface area contributed by atoms with Gasteiger partial charge >= 0.3 is 24.3 Å². The Labute approximate surface area is 112 Å². The van der Waals surface area contributed by atoms with Gasteiger partial charge < -0.3 is 15.3 Å². The van der Waals surface area contributed by atoms with E-state index < -0.39 is 36.3 Å². The zero-order valence-corrected chi connectivity index (χ0v) is 10.8. The number of amides is 2. The van der Waals surface area contributed by atoms with E-state index in [0.717, 1.165) is 4.90 Å². The van der Waals surface area contributed by atoms with Gasteiger partial charge in [-0.15, -0.1) is 0 Å². The van der Waals surface area contributed by atoms with Gasteiger partial charge in [-0.3, -0.25) is 4.79 Å². The van der Waals surface area contributed by atoms with Crippen LogP contribution in [0.5, 0.6) is 0 Å². The molecule has 116 valence electrons. The zero-order chi connectivity index (χ0) is 15.6. The maximum absolute atomic E-state index is 12.7. The predicted octanol–water partition coefficient (Wildman–Crippen LogP) is 1.78. The van der Waals surface area contributed by atoms with Crippen molar-refractivity contribution in [2.75, 3.05) is 19.6 Å². The lowest BCUT2D eigenvalue weighted by atomic mass is 9.82. The number of aliphatic carboxylic acids is 1. The topological polar surface area (TPSA) is 69.6 Å². The highest BCUT2D eigenvalue weighted by atomic mass is 19.3. The third-order valence-corrected chi connectivity index (χ3v) is 3.29. The first-order chi connectivity index (χ1) is 9.08. The SMILES string of the molecule is CC1(C(=O)O)CCCN(C(=O)NCC(F)(F)C(F)F)C1. The molecule has 0 spiro atoms. The van der Waals surface area contributed by atoms with Crippen LogP contribution in [-0.4, -0.2) is 54.0 Å². The van der Waals surface area contributed by atoms with Gasteiger partial charge in [0, 0.05) is 13.1 Å². The number of urea groups is 1. The van der Waals surface area contributed by atoms with Gasteiger partial charge in [0.25, 0.3) is 0 Å². The monoisotopic (exact) mass is 300 g/mol. The molecule has 1 fully saturated rings. The number of hydrogen-bond acceptors (Lipinski definition) is 2. The fourth-order valence-corrected chi connectivity index (χ4v) is 1.97. The minimum atomic E-state index is -4.30. The highest BCUT2D eigenvalue weighted by Crippen LogP contribution is 2.29. The van der Waals surface area contributed by atoms with Crippen LogP contribution in [0.2, 0.25) is 0 Å². The molecule has 1 saturated heterocycles. The third kappa shape index (κ3) is 3.73. The summed E-state index contributed by atoms with van der Waals surface area (Å²) in [7, 11) is 0. The number of hydrogen-bond donors (Lipinski definition) is 2. The Kier molecular flexibility index (Phi) is 4.82. The predicted molar refractivity (Wildman–Crippen MR) is 60.9 cm³/mol. The van der Waals surface area contributed by atoms with E-state index in [-0.39, 0.29) is 13.1 Å². The van der Waals surface area contributed by atoms with Gasteiger partial charge in [-0.1, -0.05) is 0 Å². The van der Waals surface area contributed by atoms with Crippen molar-refractivity contribution < 1.29 is 32.3 Å². The van der Waals surface area contributed by atoms with Crippen molar-refractivity contribution in [3.63, 3.8) is 0 Å². The van der Waals surface area contributed by atoms with Crippen molar-refractivity contribution in [1.82, 2.24) is 10.2 Å². The first-order valence-corrected chi connectivity index (χ1v) is 6.01. The highest BCUT2D eigenvalue weighted by Gasteiger charge is 2.43. The van der Waals surface area contributed by atoms with Crippen LogP contribution in [0.15, 0.2) is 0 Å². The largest absolute Gasteiger partial charge is 0.481 e. The zero-order valence-electron chi connectivity index (χ0n) is 10.8. The van der Waals surface area contributed by atoms with Crippen LogP contribution in [0, 0.1) is 5.41 Å². The molecule has 1 heterocycles. The fraction of sp³-hybridized carbons (Fsp3) is 0.818. The molecule has 1 aliphatic rings. The van der Waals surface area contributed by atoms with E-state index in [1.807, 2.05) is 0 Å². The molecule has 2 amide bonds. The molecule has 1 unspecified atom stereocenters. The summed E-state index contributed by atoms with van der Waals surface area (Å²) >= 11 is 0. The van der Waals surface area contributed by atoms with Gasteiger partial charge in [0.1, 0.15) is 0 Å². The molecule has 5 nitrogen and oxygen atoms in total. The van der Waals surface area contributed by atoms with Crippen LogP contribution in [0.3, 0.4) is 0 Å². The van der Waals surface area contributed by atoms with Gasteiger partial charge in [0.15, 0.2) is 0 Å². The molecule has 0 aromatic heterocycles. The molecular formula is C11H16F4N2O3. The van der Waals surface area contributed by atoms with Crippen molar-refractivity contribution in [3.05, 3.63) is 0 Å². The Morgan fingerprint density at radius 1 is 1.45 bits per heavy atom. The number of carbonyl (C=O) groups excluding carboxylic acids is 1. The van der Waals surface area contributed by atoms with E-state index in [4.69, 9.17) is 5.11 Å². The van der Waals surface area contributed by atoms with E-state index in [2.05, 4.69) is 0 Å². The number of piperidine rings is 1. The third-order valence-electron chi connectivity index (χ3n) is 3.29. The van der Waals surface area contributed by atoms with Crippen LogP contribution in [0.1, 0.15) is 19.8 Å². The standard InChI is InChI=1S/C11H16F4N2O3/c1-10(8(18)19)3-2-4-17(6-10)9(20)16-5-11(14,15)7(12)13/h7H,2-6H2,1H3,(H,16,20)(H,18,19). The number of carbonyl (C=O) groups is 2. The number of nitrogens with one attached hydrogen (secondary N) is 1. The van der Waals surface area contributed by atoms with Gasteiger partial charge in [0.2, 0.25) is 0 Å². The Balaban J connectivity index is 2.58. The van der Waals surface area contributed by atoms with Crippen LogP contribution in [-0.2, 0) is 4.79 Å². The first-order valence-electron chi connectivity index (χ1n) is 6.01. The van der Waals surface area contributed by atoms with Crippen LogP contribution in [0.4, 0.5) is 22.4 Å². The number of alkyl halides is 4. The Bertz CT molecular complexity index is 392. The minimum absolute atomic E-state index is 0.144. The van der Waals surface area contributed by atoms with Gasteiger partial charge in [0.05, 0.1) is 12.0 Å². The summed E-state index contributed by atoms with van der Waals surface area (Å²) in [6.07, 6.45) is -3.10. The molecule has 0 radical (unpaired) electrons. The maximum atomic E-state index is 12.7. The number of rotatable bonds is 4. The van der Waals surface area contributed by atoms with Gasteiger partial charge in [-0.25, -0.2) is 13.6 Å². The summed E-state index contributed by atoms with van der Waals surface area (Å²) in [5.74, 6) is -5.39. The second-order valence-corrected chi connectivity index (χ2v) is 5.11. The molecule has 1 atom stereocenters. The van der Waals surface area contributed by atoms with E-state index >= 15 is 0 Å². The summed E-state index contributed by atoms with van der Waals surface area (Å²) < 4.78 is 49.2. The maximum Gasteiger partial charge on any atom is 0.324 e. The summed E-state index contributed by atoms with van der Waals surface area (Å²) in [6, 6.07) is -0.961. The molecule has 9 heteroatoms. The van der Waals surface area contributed by atoms with E-state index in [0.29, 0.717) is 12.8 Å². The van der Waals surface area contributed by atoms with Crippen molar-refractivity contribution >= 4 is 12.0 Å². The molecule has 0 aromatic rings. The summed E-state index contributed by atoms with van der Waals surface area (Å²) in [5.41, 5.74) is -1.15. The van der Waals surface area contributed by atoms with Gasteiger partial charge in [-0.05, 0) is 19.8 Å². The van der Waals surface area contributed by atoms with E-state index in [1.165, 1.54) is 6.92 Å². The highest BCUT2D eigenvalue weighted by molar-refractivity contribution is 5.78. The summed E-state index contributed by atoms with van der Waals surface area (Å²) in [5, 5.41) is 10.8. The van der Waals surface area contributed by atoms with E-state index in [1.54, 1.807) is 5.32 Å². The second kappa shape index (κ2) is 5.84. The molecule has 0 aliphatic carbocycles. The Hall–Kier alpha value is -1.54. The van der Waals surface area contributed by atoms with Crippen molar-refractivity contribution in [2.24, 2.45) is 5.41 Å². The van der Waals surface area contributed by atoms with Crippen molar-refractivity contribution in [2.45, 2.75) is 32.1 Å². The second-order valence-electron chi connectivity index (χ2n) is 5.11. The Morgan fingerprint density at radius 3 is 2.55 bits per heavy atom. The molecule has 1 rings (SSSR count). The lowest BCUT2D eigenvalue weighted by Gasteiger charge is -2.37. The quantitative estimate of drug-likeness (QED) is 0.778. The first kappa shape index (κ1) is 16.5.